The van der Waals surface area contributed by atoms with E-state index < -0.39 is 0 Å². The van der Waals surface area contributed by atoms with Crippen molar-refractivity contribution in [2.24, 2.45) is 0 Å². The number of hydrogen-bond donors (Lipinski definition) is 0. The fourth-order valence-corrected chi connectivity index (χ4v) is 2.92. The molecule has 134 valence electrons. The minimum Gasteiger partial charge on any atom is -0.492 e. The lowest BCUT2D eigenvalue weighted by Crippen LogP contribution is -2.23. The second-order valence-corrected chi connectivity index (χ2v) is 6.29. The Morgan fingerprint density at radius 3 is 2.35 bits per heavy atom. The zero-order chi connectivity index (χ0) is 18.0. The van der Waals surface area contributed by atoms with Gasteiger partial charge in [-0.1, -0.05) is 43.7 Å². The molecule has 0 N–H and O–H groups in total. The van der Waals surface area contributed by atoms with E-state index in [2.05, 4.69) is 71.4 Å². The fourth-order valence-electron chi connectivity index (χ4n) is 2.92. The number of unbranched alkanes of at least 4 members (excludes halogenated alkanes) is 1. The number of benzene rings is 2. The minimum absolute atomic E-state index is 0.609. The van der Waals surface area contributed by atoms with Gasteiger partial charge in [0.05, 0.1) is 18.4 Å². The Hall–Kier alpha value is -2.81. The molecule has 0 aliphatic rings. The average molecular weight is 346 g/mol. The second-order valence-electron chi connectivity index (χ2n) is 6.29. The van der Waals surface area contributed by atoms with E-state index in [0.29, 0.717) is 6.61 Å². The van der Waals surface area contributed by atoms with Crippen LogP contribution in [0.25, 0.3) is 0 Å². The predicted octanol–water partition coefficient (Wildman–Crippen LogP) is 5.64. The van der Waals surface area contributed by atoms with Crippen molar-refractivity contribution in [3.05, 3.63) is 84.7 Å². The van der Waals surface area contributed by atoms with Crippen molar-refractivity contribution in [2.45, 2.75) is 26.2 Å². The number of rotatable bonds is 9. The summed E-state index contributed by atoms with van der Waals surface area (Å²) in [6.07, 6.45) is 7.28. The summed E-state index contributed by atoms with van der Waals surface area (Å²) in [6, 6.07) is 22.9. The van der Waals surface area contributed by atoms with Gasteiger partial charge in [-0.2, -0.15) is 0 Å². The quantitative estimate of drug-likeness (QED) is 0.501. The number of anilines is 2. The van der Waals surface area contributed by atoms with Gasteiger partial charge < -0.3 is 9.64 Å². The summed E-state index contributed by atoms with van der Waals surface area (Å²) in [7, 11) is 0. The van der Waals surface area contributed by atoms with Gasteiger partial charge in [0.2, 0.25) is 0 Å². The highest BCUT2D eigenvalue weighted by molar-refractivity contribution is 5.62. The van der Waals surface area contributed by atoms with Gasteiger partial charge in [0.15, 0.2) is 0 Å². The van der Waals surface area contributed by atoms with Crippen molar-refractivity contribution < 1.29 is 4.74 Å². The van der Waals surface area contributed by atoms with Crippen molar-refractivity contribution in [1.29, 1.82) is 0 Å². The van der Waals surface area contributed by atoms with Gasteiger partial charge in [-0.25, -0.2) is 0 Å². The van der Waals surface area contributed by atoms with E-state index in [9.17, 15) is 0 Å². The summed E-state index contributed by atoms with van der Waals surface area (Å²) >= 11 is 0. The number of para-hydroxylation sites is 1. The highest BCUT2D eigenvalue weighted by atomic mass is 16.5. The molecule has 3 heteroatoms. The summed E-state index contributed by atoms with van der Waals surface area (Å²) in [5.41, 5.74) is 3.58. The molecule has 0 radical (unpaired) electrons. The van der Waals surface area contributed by atoms with Crippen molar-refractivity contribution in [2.75, 3.05) is 18.1 Å². The first kappa shape index (κ1) is 18.0. The molecule has 0 aliphatic carbocycles. The Balaban J connectivity index is 1.61. The third-order valence-corrected chi connectivity index (χ3v) is 4.35. The lowest BCUT2D eigenvalue weighted by atomic mass is 10.1. The molecule has 1 heterocycles. The van der Waals surface area contributed by atoms with E-state index in [0.717, 1.165) is 30.1 Å². The highest BCUT2D eigenvalue weighted by Crippen LogP contribution is 2.24. The Kier molecular flexibility index (Phi) is 6.66. The number of ether oxygens (including phenoxy) is 1. The minimum atomic E-state index is 0.609. The number of aryl methyl sites for hydroxylation is 1. The first-order valence-electron chi connectivity index (χ1n) is 9.31. The number of hydrogen-bond acceptors (Lipinski definition) is 3. The first-order chi connectivity index (χ1) is 12.9. The van der Waals surface area contributed by atoms with E-state index in [1.807, 2.05) is 18.3 Å². The van der Waals surface area contributed by atoms with Crippen LogP contribution < -0.4 is 9.64 Å². The van der Waals surface area contributed by atoms with Crippen LogP contribution in [0.4, 0.5) is 11.4 Å². The Labute approximate surface area is 156 Å². The van der Waals surface area contributed by atoms with E-state index in [1.54, 1.807) is 6.20 Å². The van der Waals surface area contributed by atoms with E-state index in [4.69, 9.17) is 4.74 Å². The van der Waals surface area contributed by atoms with Crippen LogP contribution in [0.15, 0.2) is 79.1 Å². The van der Waals surface area contributed by atoms with Gasteiger partial charge in [0, 0.05) is 11.9 Å². The Bertz CT molecular complexity index is 718. The van der Waals surface area contributed by atoms with Crippen LogP contribution in [0.5, 0.6) is 5.75 Å². The molecule has 3 rings (SSSR count). The maximum atomic E-state index is 5.98. The molecule has 26 heavy (non-hydrogen) atoms. The van der Waals surface area contributed by atoms with Gasteiger partial charge in [0.25, 0.3) is 0 Å². The van der Waals surface area contributed by atoms with E-state index in [1.165, 1.54) is 18.4 Å². The molecule has 0 aliphatic heterocycles. The molecule has 0 fully saturated rings. The molecule has 1 aromatic heterocycles. The molecule has 0 saturated heterocycles. The van der Waals surface area contributed by atoms with Gasteiger partial charge in [0.1, 0.15) is 12.4 Å². The van der Waals surface area contributed by atoms with Crippen LogP contribution in [0, 0.1) is 0 Å². The lowest BCUT2D eigenvalue weighted by molar-refractivity contribution is 0.327. The molecule has 2 aromatic carbocycles. The van der Waals surface area contributed by atoms with Crippen LogP contribution in [0.3, 0.4) is 0 Å². The summed E-state index contributed by atoms with van der Waals surface area (Å²) in [4.78, 5) is 6.47. The molecular formula is C23H26N2O. The highest BCUT2D eigenvalue weighted by Gasteiger charge is 2.09. The number of aromatic nitrogens is 1. The normalized spacial score (nSPS) is 10.5. The number of pyridine rings is 1. The molecular weight excluding hydrogens is 320 g/mol. The largest absolute Gasteiger partial charge is 0.492 e. The molecule has 3 nitrogen and oxygen atoms in total. The van der Waals surface area contributed by atoms with Crippen molar-refractivity contribution in [1.82, 2.24) is 4.98 Å². The van der Waals surface area contributed by atoms with E-state index >= 15 is 0 Å². The second kappa shape index (κ2) is 9.62. The number of nitrogens with zero attached hydrogens (tertiary/aromatic N) is 2. The third-order valence-electron chi connectivity index (χ3n) is 4.35. The van der Waals surface area contributed by atoms with Gasteiger partial charge in [-0.15, -0.1) is 0 Å². The fraction of sp³-hybridized carbons (Fsp3) is 0.261. The van der Waals surface area contributed by atoms with Gasteiger partial charge >= 0.3 is 0 Å². The summed E-state index contributed by atoms with van der Waals surface area (Å²) < 4.78 is 5.98. The summed E-state index contributed by atoms with van der Waals surface area (Å²) in [5, 5.41) is 0. The predicted molar refractivity (Wildman–Crippen MR) is 108 cm³/mol. The standard InChI is InChI=1S/C23H26N2O/c1-2-3-8-20-12-14-23(15-13-20)26-18-17-25(21-9-5-4-6-10-21)22-11-7-16-24-19-22/h4-7,9-16,19H,2-3,8,17-18H2,1H3. The zero-order valence-corrected chi connectivity index (χ0v) is 15.3. The maximum Gasteiger partial charge on any atom is 0.119 e. The molecule has 0 amide bonds. The maximum absolute atomic E-state index is 5.98. The van der Waals surface area contributed by atoms with Crippen LogP contribution in [-0.2, 0) is 6.42 Å². The van der Waals surface area contributed by atoms with E-state index in [-0.39, 0.29) is 0 Å². The van der Waals surface area contributed by atoms with Crippen LogP contribution in [0.2, 0.25) is 0 Å². The monoisotopic (exact) mass is 346 g/mol. The molecule has 0 spiro atoms. The van der Waals surface area contributed by atoms with Crippen molar-refractivity contribution in [3.8, 4) is 5.75 Å². The molecule has 0 saturated carbocycles. The third kappa shape index (κ3) is 5.09. The molecule has 3 aromatic rings. The van der Waals surface area contributed by atoms with Crippen LogP contribution in [0.1, 0.15) is 25.3 Å². The molecule has 0 bridgehead atoms. The van der Waals surface area contributed by atoms with Crippen LogP contribution >= 0.6 is 0 Å². The Morgan fingerprint density at radius 1 is 0.885 bits per heavy atom. The Morgan fingerprint density at radius 2 is 1.65 bits per heavy atom. The average Bonchev–Trinajstić information content (AvgIpc) is 2.72. The molecule has 0 unspecified atom stereocenters. The van der Waals surface area contributed by atoms with Crippen molar-refractivity contribution in [3.63, 3.8) is 0 Å². The van der Waals surface area contributed by atoms with Gasteiger partial charge in [-0.3, -0.25) is 4.98 Å². The first-order valence-corrected chi connectivity index (χ1v) is 9.31. The van der Waals surface area contributed by atoms with Crippen LogP contribution in [-0.4, -0.2) is 18.1 Å². The SMILES string of the molecule is CCCCc1ccc(OCCN(c2ccccc2)c2cccnc2)cc1. The lowest BCUT2D eigenvalue weighted by Gasteiger charge is -2.24. The molecule has 0 atom stereocenters. The van der Waals surface area contributed by atoms with Crippen molar-refractivity contribution >= 4 is 11.4 Å². The summed E-state index contributed by atoms with van der Waals surface area (Å²) in [5.74, 6) is 0.921. The zero-order valence-electron chi connectivity index (χ0n) is 15.3. The van der Waals surface area contributed by atoms with Gasteiger partial charge in [-0.05, 0) is 54.8 Å². The topological polar surface area (TPSA) is 25.4 Å². The smallest absolute Gasteiger partial charge is 0.119 e. The summed E-state index contributed by atoms with van der Waals surface area (Å²) in [6.45, 7) is 3.59.